The van der Waals surface area contributed by atoms with Crippen molar-refractivity contribution in [1.82, 2.24) is 9.80 Å². The predicted octanol–water partition coefficient (Wildman–Crippen LogP) is -1.37. The minimum atomic E-state index is -0.314. The van der Waals surface area contributed by atoms with Crippen LogP contribution in [0.25, 0.3) is 0 Å². The third-order valence-corrected chi connectivity index (χ3v) is 3.29. The second-order valence-corrected chi connectivity index (χ2v) is 5.19. The number of aliphatic hydroxyl groups is 1. The molecular weight excluding hydrogens is 242 g/mol. The van der Waals surface area contributed by atoms with Crippen molar-refractivity contribution in [2.75, 3.05) is 52.4 Å². The minimum absolute atomic E-state index is 0.314. The van der Waals surface area contributed by atoms with Gasteiger partial charge in [-0.25, -0.2) is 0 Å². The van der Waals surface area contributed by atoms with Crippen LogP contribution in [0.4, 0.5) is 0 Å². The standard InChI is InChI=1S/C13H33N5O/c1-12(18(9-5-15)10-6-16)3-7-17(8-4-14)11-13(2)19/h12-13,19H,3-11,14-16H2,1-2H3. The van der Waals surface area contributed by atoms with E-state index in [0.717, 1.165) is 32.6 Å². The van der Waals surface area contributed by atoms with Crippen LogP contribution in [0.15, 0.2) is 0 Å². The summed E-state index contributed by atoms with van der Waals surface area (Å²) in [5.41, 5.74) is 16.8. The first-order valence-electron chi connectivity index (χ1n) is 7.29. The molecule has 7 N–H and O–H groups in total. The monoisotopic (exact) mass is 275 g/mol. The molecule has 0 aromatic rings. The Morgan fingerprint density at radius 2 is 1.42 bits per heavy atom. The SMILES string of the molecule is CC(O)CN(CCN)CCC(C)N(CCN)CCN. The smallest absolute Gasteiger partial charge is 0.0639 e. The van der Waals surface area contributed by atoms with Crippen molar-refractivity contribution < 1.29 is 5.11 Å². The van der Waals surface area contributed by atoms with Gasteiger partial charge in [-0.2, -0.15) is 0 Å². The van der Waals surface area contributed by atoms with Crippen LogP contribution in [0.2, 0.25) is 0 Å². The first-order chi connectivity index (χ1) is 9.04. The number of nitrogens with two attached hydrogens (primary N) is 3. The quantitative estimate of drug-likeness (QED) is 0.350. The van der Waals surface area contributed by atoms with Crippen molar-refractivity contribution in [2.45, 2.75) is 32.4 Å². The Kier molecular flexibility index (Phi) is 11.4. The van der Waals surface area contributed by atoms with Gasteiger partial charge < -0.3 is 22.3 Å². The third-order valence-electron chi connectivity index (χ3n) is 3.29. The zero-order valence-corrected chi connectivity index (χ0v) is 12.6. The summed E-state index contributed by atoms with van der Waals surface area (Å²) in [6.07, 6.45) is 0.721. The van der Waals surface area contributed by atoms with E-state index in [0.29, 0.717) is 32.2 Å². The lowest BCUT2D eigenvalue weighted by Gasteiger charge is -2.31. The lowest BCUT2D eigenvalue weighted by molar-refractivity contribution is 0.117. The molecule has 6 nitrogen and oxygen atoms in total. The molecular formula is C13H33N5O. The van der Waals surface area contributed by atoms with E-state index in [1.807, 2.05) is 6.92 Å². The van der Waals surface area contributed by atoms with Crippen molar-refractivity contribution in [3.63, 3.8) is 0 Å². The first kappa shape index (κ1) is 18.8. The number of hydrogen-bond donors (Lipinski definition) is 4. The Hall–Kier alpha value is -0.240. The van der Waals surface area contributed by atoms with E-state index >= 15 is 0 Å². The van der Waals surface area contributed by atoms with E-state index in [9.17, 15) is 5.11 Å². The van der Waals surface area contributed by atoms with Crippen LogP contribution in [0.3, 0.4) is 0 Å². The Morgan fingerprint density at radius 1 is 0.895 bits per heavy atom. The molecule has 6 heteroatoms. The molecule has 2 atom stereocenters. The Balaban J connectivity index is 4.15. The molecule has 0 saturated heterocycles. The summed E-state index contributed by atoms with van der Waals surface area (Å²) in [6.45, 7) is 10.2. The molecule has 0 amide bonds. The average molecular weight is 275 g/mol. The summed E-state index contributed by atoms with van der Waals surface area (Å²) in [7, 11) is 0. The van der Waals surface area contributed by atoms with Crippen molar-refractivity contribution in [2.24, 2.45) is 17.2 Å². The van der Waals surface area contributed by atoms with Crippen LogP contribution in [0.5, 0.6) is 0 Å². The molecule has 0 saturated carbocycles. The number of aliphatic hydroxyl groups excluding tert-OH is 1. The van der Waals surface area contributed by atoms with E-state index in [1.165, 1.54) is 0 Å². The highest BCUT2D eigenvalue weighted by Gasteiger charge is 2.14. The summed E-state index contributed by atoms with van der Waals surface area (Å²) >= 11 is 0. The maximum Gasteiger partial charge on any atom is 0.0639 e. The molecule has 0 spiro atoms. The fourth-order valence-corrected chi connectivity index (χ4v) is 2.29. The van der Waals surface area contributed by atoms with Crippen molar-refractivity contribution in [1.29, 1.82) is 0 Å². The maximum absolute atomic E-state index is 9.47. The van der Waals surface area contributed by atoms with Gasteiger partial charge in [0, 0.05) is 51.9 Å². The third kappa shape index (κ3) is 9.32. The first-order valence-corrected chi connectivity index (χ1v) is 7.29. The highest BCUT2D eigenvalue weighted by Crippen LogP contribution is 2.05. The van der Waals surface area contributed by atoms with Crippen LogP contribution in [0.1, 0.15) is 20.3 Å². The van der Waals surface area contributed by atoms with Crippen molar-refractivity contribution in [3.8, 4) is 0 Å². The molecule has 0 aliphatic rings. The van der Waals surface area contributed by atoms with Crippen LogP contribution in [-0.4, -0.2) is 79.4 Å². The van der Waals surface area contributed by atoms with E-state index in [4.69, 9.17) is 17.2 Å². The highest BCUT2D eigenvalue weighted by atomic mass is 16.3. The van der Waals surface area contributed by atoms with E-state index in [2.05, 4.69) is 16.7 Å². The van der Waals surface area contributed by atoms with E-state index in [1.54, 1.807) is 0 Å². The zero-order valence-electron chi connectivity index (χ0n) is 12.6. The lowest BCUT2D eigenvalue weighted by Crippen LogP contribution is -2.43. The second kappa shape index (κ2) is 11.6. The summed E-state index contributed by atoms with van der Waals surface area (Å²) in [5, 5.41) is 9.47. The fourth-order valence-electron chi connectivity index (χ4n) is 2.29. The largest absolute Gasteiger partial charge is 0.392 e. The van der Waals surface area contributed by atoms with E-state index < -0.39 is 0 Å². The van der Waals surface area contributed by atoms with Crippen LogP contribution >= 0.6 is 0 Å². The maximum atomic E-state index is 9.47. The molecule has 0 aliphatic carbocycles. The van der Waals surface area contributed by atoms with Gasteiger partial charge in [0.15, 0.2) is 0 Å². The topological polar surface area (TPSA) is 105 Å². The predicted molar refractivity (Wildman–Crippen MR) is 80.9 cm³/mol. The van der Waals surface area contributed by atoms with Gasteiger partial charge in [0.2, 0.25) is 0 Å². The zero-order chi connectivity index (χ0) is 14.7. The van der Waals surface area contributed by atoms with Gasteiger partial charge in [0.25, 0.3) is 0 Å². The van der Waals surface area contributed by atoms with Gasteiger partial charge in [0.05, 0.1) is 6.10 Å². The minimum Gasteiger partial charge on any atom is -0.392 e. The molecule has 0 fully saturated rings. The van der Waals surface area contributed by atoms with Gasteiger partial charge in [-0.15, -0.1) is 0 Å². The van der Waals surface area contributed by atoms with Crippen LogP contribution in [-0.2, 0) is 0 Å². The van der Waals surface area contributed by atoms with Gasteiger partial charge in [-0.1, -0.05) is 0 Å². The molecule has 19 heavy (non-hydrogen) atoms. The van der Waals surface area contributed by atoms with Crippen LogP contribution in [0, 0.1) is 0 Å². The van der Waals surface area contributed by atoms with Gasteiger partial charge in [-0.3, -0.25) is 9.80 Å². The number of nitrogens with zero attached hydrogens (tertiary/aromatic N) is 2. The molecule has 0 aliphatic heterocycles. The normalized spacial score (nSPS) is 15.2. The summed E-state index contributed by atoms with van der Waals surface area (Å²) in [4.78, 5) is 4.53. The fraction of sp³-hybridized carbons (Fsp3) is 1.00. The Bertz CT molecular complexity index is 197. The lowest BCUT2D eigenvalue weighted by atomic mass is 10.1. The molecule has 2 unspecified atom stereocenters. The Labute approximate surface area is 117 Å². The molecule has 0 aromatic heterocycles. The summed E-state index contributed by atoms with van der Waals surface area (Å²) < 4.78 is 0. The highest BCUT2D eigenvalue weighted by molar-refractivity contribution is 4.71. The van der Waals surface area contributed by atoms with Crippen LogP contribution < -0.4 is 17.2 Å². The van der Waals surface area contributed by atoms with Gasteiger partial charge in [0.1, 0.15) is 0 Å². The average Bonchev–Trinajstić information content (AvgIpc) is 2.35. The van der Waals surface area contributed by atoms with Gasteiger partial charge in [-0.05, 0) is 26.8 Å². The molecule has 0 aromatic carbocycles. The summed E-state index contributed by atoms with van der Waals surface area (Å²) in [5.74, 6) is 0. The molecule has 116 valence electrons. The van der Waals surface area contributed by atoms with E-state index in [-0.39, 0.29) is 6.10 Å². The molecule has 0 radical (unpaired) electrons. The second-order valence-electron chi connectivity index (χ2n) is 5.19. The molecule has 0 bridgehead atoms. The Morgan fingerprint density at radius 3 is 1.84 bits per heavy atom. The van der Waals surface area contributed by atoms with Crippen molar-refractivity contribution in [3.05, 3.63) is 0 Å². The van der Waals surface area contributed by atoms with Crippen molar-refractivity contribution >= 4 is 0 Å². The van der Waals surface area contributed by atoms with Gasteiger partial charge >= 0.3 is 0 Å². The molecule has 0 heterocycles. The molecule has 0 rings (SSSR count). The summed E-state index contributed by atoms with van der Waals surface area (Å²) in [6, 6.07) is 0.446. The number of rotatable bonds is 12. The number of hydrogen-bond acceptors (Lipinski definition) is 6.